The molecule has 1 N–H and O–H groups in total. The van der Waals surface area contributed by atoms with Crippen molar-refractivity contribution < 1.29 is 18.8 Å². The number of rotatable bonds is 5. The van der Waals surface area contributed by atoms with E-state index < -0.39 is 0 Å². The second kappa shape index (κ2) is 7.77. The van der Waals surface area contributed by atoms with Crippen LogP contribution in [0.25, 0.3) is 0 Å². The minimum absolute atomic E-state index is 0.000764. The number of hydrogen-bond acceptors (Lipinski definition) is 6. The highest BCUT2D eigenvalue weighted by molar-refractivity contribution is 5.84. The Balaban J connectivity index is 1.76. The molecular weight excluding hydrogens is 324 g/mol. The molecule has 1 aromatic heterocycles. The van der Waals surface area contributed by atoms with Gasteiger partial charge in [0.1, 0.15) is 6.61 Å². The van der Waals surface area contributed by atoms with Crippen LogP contribution in [0, 0.1) is 11.8 Å². The Bertz CT molecular complexity index is 657. The molecule has 1 fully saturated rings. The molecule has 0 bridgehead atoms. The van der Waals surface area contributed by atoms with E-state index in [0.717, 1.165) is 19.3 Å². The van der Waals surface area contributed by atoms with Crippen LogP contribution < -0.4 is 5.32 Å². The summed E-state index contributed by atoms with van der Waals surface area (Å²) in [6.07, 6.45) is 6.73. The summed E-state index contributed by atoms with van der Waals surface area (Å²) in [4.78, 5) is 31.2. The smallest absolute Gasteiger partial charge is 0.232 e. The van der Waals surface area contributed by atoms with E-state index in [0.29, 0.717) is 24.8 Å². The number of carbonyl (C=O) groups is 2. The van der Waals surface area contributed by atoms with Gasteiger partial charge in [0.2, 0.25) is 17.7 Å². The molecule has 25 heavy (non-hydrogen) atoms. The van der Waals surface area contributed by atoms with Gasteiger partial charge in [-0.15, -0.1) is 0 Å². The molecule has 2 heterocycles. The molecule has 1 aromatic rings. The van der Waals surface area contributed by atoms with Gasteiger partial charge in [-0.1, -0.05) is 17.3 Å². The van der Waals surface area contributed by atoms with Crippen molar-refractivity contribution in [1.29, 1.82) is 0 Å². The average molecular weight is 348 g/mol. The molecule has 0 radical (unpaired) electrons. The van der Waals surface area contributed by atoms with E-state index in [1.807, 2.05) is 0 Å². The molecule has 2 amide bonds. The highest BCUT2D eigenvalue weighted by Gasteiger charge is 2.44. The lowest BCUT2D eigenvalue weighted by molar-refractivity contribution is -0.135. The Morgan fingerprint density at radius 3 is 2.92 bits per heavy atom. The normalized spacial score (nSPS) is 26.0. The number of carbonyl (C=O) groups excluding carboxylic acids is 2. The van der Waals surface area contributed by atoms with E-state index in [1.54, 1.807) is 19.1 Å². The van der Waals surface area contributed by atoms with Gasteiger partial charge in [-0.3, -0.25) is 9.59 Å². The highest BCUT2D eigenvalue weighted by Crippen LogP contribution is 2.34. The second-order valence-electron chi connectivity index (χ2n) is 6.53. The van der Waals surface area contributed by atoms with Gasteiger partial charge in [0, 0.05) is 33.2 Å². The van der Waals surface area contributed by atoms with Crippen LogP contribution >= 0.6 is 0 Å². The molecule has 2 aliphatic rings. The highest BCUT2D eigenvalue weighted by atomic mass is 16.5. The predicted molar refractivity (Wildman–Crippen MR) is 88.4 cm³/mol. The summed E-state index contributed by atoms with van der Waals surface area (Å²) in [6, 6.07) is 0. The molecule has 0 spiro atoms. The molecule has 136 valence electrons. The average Bonchev–Trinajstić information content (AvgIpc) is 3.28. The van der Waals surface area contributed by atoms with Crippen molar-refractivity contribution >= 4 is 11.8 Å². The molecule has 0 saturated carbocycles. The van der Waals surface area contributed by atoms with Gasteiger partial charge in [0.25, 0.3) is 0 Å². The molecule has 1 saturated heterocycles. The van der Waals surface area contributed by atoms with Crippen molar-refractivity contribution in [3.63, 3.8) is 0 Å². The molecule has 1 aliphatic carbocycles. The van der Waals surface area contributed by atoms with Gasteiger partial charge < -0.3 is 19.5 Å². The number of aromatic nitrogens is 2. The number of nitrogens with zero attached hydrogens (tertiary/aromatic N) is 3. The zero-order valence-electron chi connectivity index (χ0n) is 14.6. The van der Waals surface area contributed by atoms with E-state index in [-0.39, 0.29) is 36.2 Å². The molecule has 3 rings (SSSR count). The Hall–Kier alpha value is -2.22. The maximum Gasteiger partial charge on any atom is 0.232 e. The van der Waals surface area contributed by atoms with Gasteiger partial charge in [-0.25, -0.2) is 0 Å². The number of ether oxygens (including phenoxy) is 1. The minimum atomic E-state index is -0.385. The SMILES string of the molecule is CNC(=O)[C@@H]1CN(C(=O)C2CC=CCC2)C[C@H]1c1nc(COC)no1. The van der Waals surface area contributed by atoms with Crippen LogP contribution in [0.15, 0.2) is 16.7 Å². The maximum atomic E-state index is 12.8. The first kappa shape index (κ1) is 17.6. The number of amides is 2. The van der Waals surface area contributed by atoms with Gasteiger partial charge in [-0.2, -0.15) is 4.98 Å². The first-order chi connectivity index (χ1) is 12.1. The summed E-state index contributed by atoms with van der Waals surface area (Å²) in [5.74, 6) is 0.147. The van der Waals surface area contributed by atoms with Crippen molar-refractivity contribution in [2.45, 2.75) is 31.8 Å². The van der Waals surface area contributed by atoms with Crippen LogP contribution in [0.3, 0.4) is 0 Å². The standard InChI is InChI=1S/C17H24N4O4/c1-18-15(22)12-8-21(17(23)11-6-4-3-5-7-11)9-13(12)16-19-14(10-24-2)20-25-16/h3-4,11-13H,5-10H2,1-2H3,(H,18,22)/t11?,12-,13-/m1/s1. The second-order valence-corrected chi connectivity index (χ2v) is 6.53. The van der Waals surface area contributed by atoms with Gasteiger partial charge in [-0.05, 0) is 19.3 Å². The number of likely N-dealkylation sites (tertiary alicyclic amines) is 1. The maximum absolute atomic E-state index is 12.8. The monoisotopic (exact) mass is 348 g/mol. The van der Waals surface area contributed by atoms with E-state index in [9.17, 15) is 9.59 Å². The van der Waals surface area contributed by atoms with Crippen molar-refractivity contribution in [3.05, 3.63) is 23.9 Å². The zero-order chi connectivity index (χ0) is 17.8. The summed E-state index contributed by atoms with van der Waals surface area (Å²) in [5, 5.41) is 6.55. The topological polar surface area (TPSA) is 97.6 Å². The number of allylic oxidation sites excluding steroid dienone is 2. The first-order valence-electron chi connectivity index (χ1n) is 8.60. The third-order valence-electron chi connectivity index (χ3n) is 4.91. The summed E-state index contributed by atoms with van der Waals surface area (Å²) < 4.78 is 10.3. The molecule has 0 aromatic carbocycles. The van der Waals surface area contributed by atoms with Crippen molar-refractivity contribution in [1.82, 2.24) is 20.4 Å². The lowest BCUT2D eigenvalue weighted by atomic mass is 9.93. The third-order valence-corrected chi connectivity index (χ3v) is 4.91. The quantitative estimate of drug-likeness (QED) is 0.793. The summed E-state index contributed by atoms with van der Waals surface area (Å²) >= 11 is 0. The summed E-state index contributed by atoms with van der Waals surface area (Å²) in [6.45, 7) is 1.05. The van der Waals surface area contributed by atoms with E-state index in [4.69, 9.17) is 9.26 Å². The van der Waals surface area contributed by atoms with Gasteiger partial charge in [0.05, 0.1) is 11.8 Å². The van der Waals surface area contributed by atoms with Crippen LogP contribution in [-0.4, -0.2) is 54.1 Å². The molecule has 1 aliphatic heterocycles. The number of hydrogen-bond donors (Lipinski definition) is 1. The minimum Gasteiger partial charge on any atom is -0.377 e. The molecule has 8 heteroatoms. The van der Waals surface area contributed by atoms with Crippen molar-refractivity contribution in [2.24, 2.45) is 11.8 Å². The fourth-order valence-electron chi connectivity index (χ4n) is 3.57. The lowest BCUT2D eigenvalue weighted by Gasteiger charge is -2.24. The van der Waals surface area contributed by atoms with E-state index in [1.165, 1.54) is 0 Å². The Morgan fingerprint density at radius 1 is 1.40 bits per heavy atom. The van der Waals surface area contributed by atoms with Gasteiger partial charge >= 0.3 is 0 Å². The van der Waals surface area contributed by atoms with Crippen LogP contribution in [0.2, 0.25) is 0 Å². The molecule has 8 nitrogen and oxygen atoms in total. The summed E-state index contributed by atoms with van der Waals surface area (Å²) in [5.41, 5.74) is 0. The summed E-state index contributed by atoms with van der Waals surface area (Å²) in [7, 11) is 3.15. The van der Waals surface area contributed by atoms with Crippen LogP contribution in [0.4, 0.5) is 0 Å². The molecule has 1 unspecified atom stereocenters. The van der Waals surface area contributed by atoms with Crippen molar-refractivity contribution in [2.75, 3.05) is 27.2 Å². The van der Waals surface area contributed by atoms with Crippen LogP contribution in [-0.2, 0) is 20.9 Å². The molecule has 3 atom stereocenters. The lowest BCUT2D eigenvalue weighted by Crippen LogP contribution is -2.36. The van der Waals surface area contributed by atoms with E-state index in [2.05, 4.69) is 27.6 Å². The molecular formula is C17H24N4O4. The van der Waals surface area contributed by atoms with Crippen LogP contribution in [0.1, 0.15) is 36.9 Å². The Morgan fingerprint density at radius 2 is 2.24 bits per heavy atom. The fraction of sp³-hybridized carbons (Fsp3) is 0.647. The zero-order valence-corrected chi connectivity index (χ0v) is 14.6. The Kier molecular flexibility index (Phi) is 5.47. The predicted octanol–water partition coefficient (Wildman–Crippen LogP) is 0.860. The fourth-order valence-corrected chi connectivity index (χ4v) is 3.57. The van der Waals surface area contributed by atoms with Crippen LogP contribution in [0.5, 0.6) is 0 Å². The first-order valence-corrected chi connectivity index (χ1v) is 8.60. The number of methoxy groups -OCH3 is 1. The number of nitrogens with one attached hydrogen (secondary N) is 1. The van der Waals surface area contributed by atoms with Gasteiger partial charge in [0.15, 0.2) is 5.82 Å². The van der Waals surface area contributed by atoms with E-state index >= 15 is 0 Å². The largest absolute Gasteiger partial charge is 0.377 e. The third kappa shape index (κ3) is 3.73. The Labute approximate surface area is 146 Å². The van der Waals surface area contributed by atoms with Crippen molar-refractivity contribution in [3.8, 4) is 0 Å².